The lowest BCUT2D eigenvalue weighted by atomic mass is 9.99. The van der Waals surface area contributed by atoms with Crippen LogP contribution < -0.4 is 0 Å². The number of oxazole rings is 1. The fraction of sp³-hybridized carbons (Fsp3) is 0.375. The second-order valence-electron chi connectivity index (χ2n) is 5.44. The summed E-state index contributed by atoms with van der Waals surface area (Å²) in [5.41, 5.74) is 1.69. The molecule has 3 rings (SSSR count). The number of nitrogens with zero attached hydrogens (tertiary/aromatic N) is 2. The molecule has 2 aromatic rings. The molecule has 0 radical (unpaired) electrons. The largest absolute Gasteiger partial charge is 0.436 e. The Kier molecular flexibility index (Phi) is 3.49. The lowest BCUT2D eigenvalue weighted by Crippen LogP contribution is -2.28. The third kappa shape index (κ3) is 2.68. The van der Waals surface area contributed by atoms with Crippen LogP contribution in [0.5, 0.6) is 0 Å². The van der Waals surface area contributed by atoms with E-state index in [9.17, 15) is 9.18 Å². The highest BCUT2D eigenvalue weighted by Crippen LogP contribution is 2.28. The minimum atomic E-state index is -0.238. The number of carbonyl (C=O) groups excluding carboxylic acids is 1. The zero-order valence-corrected chi connectivity index (χ0v) is 12.1. The van der Waals surface area contributed by atoms with Gasteiger partial charge in [-0.1, -0.05) is 12.1 Å². The van der Waals surface area contributed by atoms with Crippen LogP contribution in [0, 0.1) is 19.7 Å². The Bertz CT molecular complexity index is 663. The molecule has 1 atom stereocenters. The van der Waals surface area contributed by atoms with Crippen LogP contribution in [0.3, 0.4) is 0 Å². The van der Waals surface area contributed by atoms with Gasteiger partial charge in [0, 0.05) is 25.9 Å². The fourth-order valence-electron chi connectivity index (χ4n) is 2.83. The third-order valence-corrected chi connectivity index (χ3v) is 3.91. The van der Waals surface area contributed by atoms with Gasteiger partial charge in [-0.05, 0) is 31.0 Å². The fourth-order valence-corrected chi connectivity index (χ4v) is 2.83. The Labute approximate surface area is 122 Å². The monoisotopic (exact) mass is 288 g/mol. The number of hydrogen-bond donors (Lipinski definition) is 0. The van der Waals surface area contributed by atoms with Crippen LogP contribution in [0.1, 0.15) is 40.0 Å². The summed E-state index contributed by atoms with van der Waals surface area (Å²) < 4.78 is 18.4. The molecule has 1 aliphatic heterocycles. The van der Waals surface area contributed by atoms with Crippen LogP contribution in [-0.4, -0.2) is 28.9 Å². The van der Waals surface area contributed by atoms with Crippen molar-refractivity contribution in [1.29, 1.82) is 0 Å². The van der Waals surface area contributed by atoms with Crippen molar-refractivity contribution >= 4 is 5.91 Å². The molecule has 21 heavy (non-hydrogen) atoms. The first-order valence-corrected chi connectivity index (χ1v) is 7.03. The Hall–Kier alpha value is -2.17. The molecule has 0 spiro atoms. The van der Waals surface area contributed by atoms with Crippen molar-refractivity contribution in [1.82, 2.24) is 9.88 Å². The van der Waals surface area contributed by atoms with Gasteiger partial charge in [-0.2, -0.15) is 0 Å². The summed E-state index contributed by atoms with van der Waals surface area (Å²) in [7, 11) is 0. The Balaban J connectivity index is 1.73. The summed E-state index contributed by atoms with van der Waals surface area (Å²) in [5.74, 6) is 0.728. The molecule has 0 N–H and O–H groups in total. The van der Waals surface area contributed by atoms with Crippen LogP contribution in [0.4, 0.5) is 4.39 Å². The second kappa shape index (κ2) is 5.31. The predicted molar refractivity (Wildman–Crippen MR) is 75.6 cm³/mol. The van der Waals surface area contributed by atoms with E-state index in [0.717, 1.165) is 12.0 Å². The standard InChI is InChI=1S/C16H17FN2O2/c1-10-15(21-11(2)18-10)16(20)19-8-7-13(9-19)12-3-5-14(17)6-4-12/h3-6,13H,7-9H2,1-2H3/t13-/m0/s1. The molecule has 1 saturated heterocycles. The van der Waals surface area contributed by atoms with Gasteiger partial charge in [0.15, 0.2) is 5.89 Å². The number of hydrogen-bond acceptors (Lipinski definition) is 3. The number of benzene rings is 1. The lowest BCUT2D eigenvalue weighted by molar-refractivity contribution is 0.0757. The third-order valence-electron chi connectivity index (χ3n) is 3.91. The van der Waals surface area contributed by atoms with E-state index in [-0.39, 0.29) is 17.6 Å². The average molecular weight is 288 g/mol. The molecule has 0 saturated carbocycles. The second-order valence-corrected chi connectivity index (χ2v) is 5.44. The molecule has 0 bridgehead atoms. The van der Waals surface area contributed by atoms with E-state index in [4.69, 9.17) is 4.42 Å². The summed E-state index contributed by atoms with van der Waals surface area (Å²) in [6.07, 6.45) is 0.879. The molecule has 0 unspecified atom stereocenters. The first kappa shape index (κ1) is 13.8. The van der Waals surface area contributed by atoms with Crippen LogP contribution in [0.2, 0.25) is 0 Å². The molecule has 110 valence electrons. The van der Waals surface area contributed by atoms with Gasteiger partial charge in [0.2, 0.25) is 5.76 Å². The van der Waals surface area contributed by atoms with Gasteiger partial charge >= 0.3 is 0 Å². The van der Waals surface area contributed by atoms with Crippen molar-refractivity contribution in [2.24, 2.45) is 0 Å². The van der Waals surface area contributed by atoms with Gasteiger partial charge in [0.05, 0.1) is 5.69 Å². The van der Waals surface area contributed by atoms with E-state index < -0.39 is 0 Å². The summed E-state index contributed by atoms with van der Waals surface area (Å²) in [6.45, 7) is 4.82. The maximum Gasteiger partial charge on any atom is 0.291 e. The van der Waals surface area contributed by atoms with Crippen molar-refractivity contribution in [3.63, 3.8) is 0 Å². The highest BCUT2D eigenvalue weighted by molar-refractivity contribution is 5.92. The first-order chi connectivity index (χ1) is 10.0. The van der Waals surface area contributed by atoms with E-state index in [0.29, 0.717) is 30.4 Å². The first-order valence-electron chi connectivity index (χ1n) is 7.03. The molecule has 4 nitrogen and oxygen atoms in total. The maximum atomic E-state index is 13.0. The number of amides is 1. The van der Waals surface area contributed by atoms with Crippen molar-refractivity contribution in [2.75, 3.05) is 13.1 Å². The summed E-state index contributed by atoms with van der Waals surface area (Å²) >= 11 is 0. The molecule has 1 fully saturated rings. The number of aromatic nitrogens is 1. The number of aryl methyl sites for hydroxylation is 2. The highest BCUT2D eigenvalue weighted by atomic mass is 19.1. The quantitative estimate of drug-likeness (QED) is 0.853. The lowest BCUT2D eigenvalue weighted by Gasteiger charge is -2.15. The van der Waals surface area contributed by atoms with Gasteiger partial charge < -0.3 is 9.32 Å². The average Bonchev–Trinajstić information content (AvgIpc) is 3.06. The molecule has 1 aromatic heterocycles. The Morgan fingerprint density at radius 2 is 2.05 bits per heavy atom. The van der Waals surface area contributed by atoms with Gasteiger partial charge in [0.25, 0.3) is 5.91 Å². The van der Waals surface area contributed by atoms with Gasteiger partial charge in [0.1, 0.15) is 5.82 Å². The van der Waals surface area contributed by atoms with Crippen molar-refractivity contribution in [3.05, 3.63) is 53.0 Å². The topological polar surface area (TPSA) is 46.3 Å². The molecular weight excluding hydrogens is 271 g/mol. The van der Waals surface area contributed by atoms with Gasteiger partial charge in [-0.3, -0.25) is 4.79 Å². The van der Waals surface area contributed by atoms with Crippen LogP contribution in [0.25, 0.3) is 0 Å². The zero-order valence-electron chi connectivity index (χ0n) is 12.1. The normalized spacial score (nSPS) is 18.2. The van der Waals surface area contributed by atoms with Crippen molar-refractivity contribution < 1.29 is 13.6 Å². The number of carbonyl (C=O) groups is 1. The molecule has 0 aliphatic carbocycles. The molecule has 5 heteroatoms. The van der Waals surface area contributed by atoms with Crippen molar-refractivity contribution in [3.8, 4) is 0 Å². The Morgan fingerprint density at radius 1 is 1.33 bits per heavy atom. The molecular formula is C16H17FN2O2. The van der Waals surface area contributed by atoms with Gasteiger partial charge in [-0.15, -0.1) is 0 Å². The molecule has 1 aliphatic rings. The number of halogens is 1. The Morgan fingerprint density at radius 3 is 2.67 bits per heavy atom. The smallest absolute Gasteiger partial charge is 0.291 e. The van der Waals surface area contributed by atoms with E-state index in [1.54, 1.807) is 30.9 Å². The van der Waals surface area contributed by atoms with Crippen LogP contribution >= 0.6 is 0 Å². The number of likely N-dealkylation sites (tertiary alicyclic amines) is 1. The van der Waals surface area contributed by atoms with Crippen LogP contribution in [0.15, 0.2) is 28.7 Å². The van der Waals surface area contributed by atoms with Gasteiger partial charge in [-0.25, -0.2) is 9.37 Å². The van der Waals surface area contributed by atoms with E-state index in [1.807, 2.05) is 0 Å². The summed E-state index contributed by atoms with van der Waals surface area (Å²) in [4.78, 5) is 18.4. The van der Waals surface area contributed by atoms with E-state index in [1.165, 1.54) is 12.1 Å². The predicted octanol–water partition coefficient (Wildman–Crippen LogP) is 3.06. The van der Waals surface area contributed by atoms with Crippen molar-refractivity contribution in [2.45, 2.75) is 26.2 Å². The van der Waals surface area contributed by atoms with Crippen LogP contribution in [-0.2, 0) is 0 Å². The molecule has 1 aromatic carbocycles. The summed E-state index contributed by atoms with van der Waals surface area (Å²) in [5, 5.41) is 0. The maximum absolute atomic E-state index is 13.0. The minimum absolute atomic E-state index is 0.113. The minimum Gasteiger partial charge on any atom is -0.436 e. The van der Waals surface area contributed by atoms with E-state index >= 15 is 0 Å². The highest BCUT2D eigenvalue weighted by Gasteiger charge is 2.30. The number of rotatable bonds is 2. The molecule has 2 heterocycles. The molecule has 1 amide bonds. The van der Waals surface area contributed by atoms with E-state index in [2.05, 4.69) is 4.98 Å². The SMILES string of the molecule is Cc1nc(C)c(C(=O)N2CC[C@H](c3ccc(F)cc3)C2)o1. The zero-order chi connectivity index (χ0) is 15.0. The summed E-state index contributed by atoms with van der Waals surface area (Å²) in [6, 6.07) is 6.50.